The molecule has 2 saturated heterocycles. The van der Waals surface area contributed by atoms with Crippen LogP contribution in [-0.2, 0) is 10.0 Å². The monoisotopic (exact) mass is 423 g/mol. The zero-order valence-corrected chi connectivity index (χ0v) is 18.6. The Labute approximate surface area is 174 Å². The molecule has 0 saturated carbocycles. The molecule has 0 aromatic heterocycles. The summed E-state index contributed by atoms with van der Waals surface area (Å²) in [4.78, 5) is 17.0. The van der Waals surface area contributed by atoms with Gasteiger partial charge in [0, 0.05) is 38.3 Å². The van der Waals surface area contributed by atoms with E-state index in [1.54, 1.807) is 28.4 Å². The van der Waals surface area contributed by atoms with Gasteiger partial charge >= 0.3 is 0 Å². The number of sulfonamides is 1. The molecule has 1 amide bonds. The zero-order valence-electron chi connectivity index (χ0n) is 17.8. The van der Waals surface area contributed by atoms with Gasteiger partial charge in [-0.25, -0.2) is 8.42 Å². The van der Waals surface area contributed by atoms with Crippen molar-refractivity contribution in [1.29, 1.82) is 0 Å². The number of hydrogen-bond donors (Lipinski definition) is 0. The molecule has 1 aromatic carbocycles. The number of carbonyl (C=O) groups is 1. The molecule has 2 fully saturated rings. The Bertz CT molecular complexity index is 821. The van der Waals surface area contributed by atoms with Crippen LogP contribution in [0.25, 0.3) is 0 Å². The standard InChI is InChI=1S/C21H33N3O4S/c1-17-8-4-5-13-24(17)29(26,27)20-16-18(9-10-19(20)28-3)21(25)22(2)14-15-23-11-6-7-12-23/h9-10,16-17H,4-8,11-15H2,1-3H3. The van der Waals surface area contributed by atoms with E-state index >= 15 is 0 Å². The molecule has 0 bridgehead atoms. The van der Waals surface area contributed by atoms with E-state index in [-0.39, 0.29) is 22.6 Å². The van der Waals surface area contributed by atoms with E-state index in [9.17, 15) is 13.2 Å². The molecular weight excluding hydrogens is 390 g/mol. The van der Waals surface area contributed by atoms with Gasteiger partial charge in [0.25, 0.3) is 5.91 Å². The van der Waals surface area contributed by atoms with Crippen molar-refractivity contribution in [3.8, 4) is 5.75 Å². The maximum Gasteiger partial charge on any atom is 0.253 e. The molecule has 29 heavy (non-hydrogen) atoms. The summed E-state index contributed by atoms with van der Waals surface area (Å²) in [6.45, 7) is 6.07. The number of ether oxygens (including phenoxy) is 1. The molecule has 0 spiro atoms. The first-order chi connectivity index (χ1) is 13.8. The average molecular weight is 424 g/mol. The number of likely N-dealkylation sites (N-methyl/N-ethyl adjacent to an activating group) is 1. The summed E-state index contributed by atoms with van der Waals surface area (Å²) in [7, 11) is -0.508. The number of hydrogen-bond acceptors (Lipinski definition) is 5. The molecule has 2 aliphatic rings. The minimum Gasteiger partial charge on any atom is -0.495 e. The summed E-state index contributed by atoms with van der Waals surface area (Å²) in [5, 5.41) is 0. The van der Waals surface area contributed by atoms with E-state index < -0.39 is 10.0 Å². The Balaban J connectivity index is 1.81. The molecule has 1 unspecified atom stereocenters. The Kier molecular flexibility index (Phi) is 7.19. The number of piperidine rings is 1. The lowest BCUT2D eigenvalue weighted by Gasteiger charge is -2.32. The summed E-state index contributed by atoms with van der Waals surface area (Å²) >= 11 is 0. The van der Waals surface area contributed by atoms with Crippen molar-refractivity contribution >= 4 is 15.9 Å². The lowest BCUT2D eigenvalue weighted by molar-refractivity contribution is 0.0782. The molecule has 1 atom stereocenters. The highest BCUT2D eigenvalue weighted by Gasteiger charge is 2.33. The molecule has 2 heterocycles. The van der Waals surface area contributed by atoms with Crippen molar-refractivity contribution in [3.05, 3.63) is 23.8 Å². The van der Waals surface area contributed by atoms with Gasteiger partial charge in [-0.1, -0.05) is 6.42 Å². The summed E-state index contributed by atoms with van der Waals surface area (Å²) in [5.41, 5.74) is 0.373. The van der Waals surface area contributed by atoms with Gasteiger partial charge in [-0.05, 0) is 63.9 Å². The van der Waals surface area contributed by atoms with Crippen LogP contribution in [0.4, 0.5) is 0 Å². The second kappa shape index (κ2) is 9.45. The smallest absolute Gasteiger partial charge is 0.253 e. The molecule has 0 aliphatic carbocycles. The Morgan fingerprint density at radius 3 is 2.52 bits per heavy atom. The van der Waals surface area contributed by atoms with E-state index in [1.807, 2.05) is 6.92 Å². The Morgan fingerprint density at radius 2 is 1.86 bits per heavy atom. The van der Waals surface area contributed by atoms with Crippen molar-refractivity contribution in [2.24, 2.45) is 0 Å². The van der Waals surface area contributed by atoms with E-state index in [1.165, 1.54) is 26.0 Å². The van der Waals surface area contributed by atoms with Gasteiger partial charge in [-0.3, -0.25) is 4.79 Å². The lowest BCUT2D eigenvalue weighted by Crippen LogP contribution is -2.42. The first kappa shape index (κ1) is 22.1. The third-order valence-electron chi connectivity index (χ3n) is 6.04. The number of carbonyl (C=O) groups excluding carboxylic acids is 1. The minimum atomic E-state index is -3.73. The average Bonchev–Trinajstić information content (AvgIpc) is 3.24. The van der Waals surface area contributed by atoms with Gasteiger partial charge < -0.3 is 14.5 Å². The summed E-state index contributed by atoms with van der Waals surface area (Å²) in [6, 6.07) is 4.65. The van der Waals surface area contributed by atoms with Crippen LogP contribution in [-0.4, -0.2) is 81.4 Å². The second-order valence-corrected chi connectivity index (χ2v) is 9.96. The molecule has 2 aliphatic heterocycles. The highest BCUT2D eigenvalue weighted by molar-refractivity contribution is 7.89. The topological polar surface area (TPSA) is 70.2 Å². The minimum absolute atomic E-state index is 0.0547. The SMILES string of the molecule is COc1ccc(C(=O)N(C)CCN2CCCC2)cc1S(=O)(=O)N1CCCCC1C. The highest BCUT2D eigenvalue weighted by Crippen LogP contribution is 2.32. The number of methoxy groups -OCH3 is 1. The summed E-state index contributed by atoms with van der Waals surface area (Å²) < 4.78 is 33.5. The molecule has 162 valence electrons. The number of likely N-dealkylation sites (tertiary alicyclic amines) is 1. The van der Waals surface area contributed by atoms with Crippen LogP contribution >= 0.6 is 0 Å². The van der Waals surface area contributed by atoms with Crippen LogP contribution in [0.1, 0.15) is 49.4 Å². The van der Waals surface area contributed by atoms with Crippen molar-refractivity contribution in [2.45, 2.75) is 50.0 Å². The van der Waals surface area contributed by atoms with E-state index in [2.05, 4.69) is 4.90 Å². The first-order valence-corrected chi connectivity index (χ1v) is 12.0. The fourth-order valence-corrected chi connectivity index (χ4v) is 6.07. The molecule has 0 N–H and O–H groups in total. The third-order valence-corrected chi connectivity index (χ3v) is 8.07. The number of nitrogens with zero attached hydrogens (tertiary/aromatic N) is 3. The molecule has 1 aromatic rings. The number of amides is 1. The quantitative estimate of drug-likeness (QED) is 0.674. The van der Waals surface area contributed by atoms with Crippen molar-refractivity contribution in [3.63, 3.8) is 0 Å². The first-order valence-electron chi connectivity index (χ1n) is 10.5. The number of rotatable bonds is 7. The molecule has 3 rings (SSSR count). The van der Waals surface area contributed by atoms with E-state index in [0.29, 0.717) is 18.7 Å². The van der Waals surface area contributed by atoms with Gasteiger partial charge in [0.15, 0.2) is 0 Å². The second-order valence-electron chi connectivity index (χ2n) is 8.10. The third kappa shape index (κ3) is 4.92. The maximum absolute atomic E-state index is 13.3. The molecule has 7 nitrogen and oxygen atoms in total. The predicted octanol–water partition coefficient (Wildman–Crippen LogP) is 2.43. The highest BCUT2D eigenvalue weighted by atomic mass is 32.2. The van der Waals surface area contributed by atoms with Crippen molar-refractivity contribution in [1.82, 2.24) is 14.1 Å². The fourth-order valence-electron chi connectivity index (χ4n) is 4.19. The van der Waals surface area contributed by atoms with Crippen LogP contribution in [0.5, 0.6) is 5.75 Å². The van der Waals surface area contributed by atoms with E-state index in [4.69, 9.17) is 4.74 Å². The summed E-state index contributed by atoms with van der Waals surface area (Å²) in [6.07, 6.45) is 5.16. The van der Waals surface area contributed by atoms with Gasteiger partial charge in [0.2, 0.25) is 10.0 Å². The largest absolute Gasteiger partial charge is 0.495 e. The van der Waals surface area contributed by atoms with Gasteiger partial charge in [0.1, 0.15) is 10.6 Å². The van der Waals surface area contributed by atoms with Gasteiger partial charge in [0.05, 0.1) is 7.11 Å². The molecular formula is C21H33N3O4S. The van der Waals surface area contributed by atoms with Crippen LogP contribution in [0.2, 0.25) is 0 Å². The Morgan fingerprint density at radius 1 is 1.17 bits per heavy atom. The maximum atomic E-state index is 13.3. The van der Waals surface area contributed by atoms with Gasteiger partial charge in [-0.15, -0.1) is 0 Å². The predicted molar refractivity (Wildman–Crippen MR) is 113 cm³/mol. The number of benzene rings is 1. The zero-order chi connectivity index (χ0) is 21.0. The molecule has 0 radical (unpaired) electrons. The van der Waals surface area contributed by atoms with Crippen LogP contribution in [0.3, 0.4) is 0 Å². The van der Waals surface area contributed by atoms with Crippen LogP contribution < -0.4 is 4.74 Å². The molecule has 8 heteroatoms. The normalized spacial score (nSPS) is 21.3. The van der Waals surface area contributed by atoms with Gasteiger partial charge in [-0.2, -0.15) is 4.31 Å². The van der Waals surface area contributed by atoms with E-state index in [0.717, 1.165) is 38.9 Å². The fraction of sp³-hybridized carbons (Fsp3) is 0.667. The van der Waals surface area contributed by atoms with Crippen LogP contribution in [0.15, 0.2) is 23.1 Å². The lowest BCUT2D eigenvalue weighted by atomic mass is 10.1. The Hall–Kier alpha value is -1.64. The van der Waals surface area contributed by atoms with Crippen molar-refractivity contribution in [2.75, 3.05) is 46.9 Å². The van der Waals surface area contributed by atoms with Crippen LogP contribution in [0, 0.1) is 0 Å². The summed E-state index contributed by atoms with van der Waals surface area (Å²) in [5.74, 6) is 0.106. The van der Waals surface area contributed by atoms with Crippen molar-refractivity contribution < 1.29 is 17.9 Å².